The summed E-state index contributed by atoms with van der Waals surface area (Å²) in [5.74, 6) is 0.0967. The van der Waals surface area contributed by atoms with Gasteiger partial charge in [-0.3, -0.25) is 4.79 Å². The Morgan fingerprint density at radius 3 is 2.40 bits per heavy atom. The molecular weight excluding hydrogens is 456 g/mol. The number of nitrogens with zero attached hydrogens (tertiary/aromatic N) is 1. The first-order valence-electron chi connectivity index (χ1n) is 11.3. The molecule has 174 valence electrons. The number of carbonyl (C=O) groups excluding carboxylic acids is 1. The van der Waals surface area contributed by atoms with Gasteiger partial charge in [0.2, 0.25) is 0 Å². The Balaban J connectivity index is 1.73. The topological polar surface area (TPSA) is 62.1 Å². The van der Waals surface area contributed by atoms with Gasteiger partial charge < -0.3 is 10.1 Å². The average molecular weight is 481 g/mol. The Labute approximate surface area is 210 Å². The van der Waals surface area contributed by atoms with Crippen LogP contribution in [-0.4, -0.2) is 5.91 Å². The number of carbonyl (C=O) groups is 1. The standard InChI is InChI=1S/C30H25ClN2O2/c1-19-14-20(2)29(21(3)15-19)33-30(34)24(17-32)16-26-25-10-6-4-8-22(25)12-13-28(26)35-18-23-9-5-7-11-27(23)31/h4-16H,18H2,1-3H3,(H,33,34)/b24-16+. The van der Waals surface area contributed by atoms with Gasteiger partial charge in [0.1, 0.15) is 24.0 Å². The van der Waals surface area contributed by atoms with Crippen LogP contribution in [0.1, 0.15) is 27.8 Å². The molecule has 4 aromatic rings. The highest BCUT2D eigenvalue weighted by Gasteiger charge is 2.16. The van der Waals surface area contributed by atoms with E-state index in [1.165, 1.54) is 0 Å². The summed E-state index contributed by atoms with van der Waals surface area (Å²) in [6.45, 7) is 6.15. The zero-order valence-corrected chi connectivity index (χ0v) is 20.6. The molecule has 0 atom stereocenters. The molecule has 0 aromatic heterocycles. The largest absolute Gasteiger partial charge is 0.488 e. The van der Waals surface area contributed by atoms with Crippen LogP contribution in [0, 0.1) is 32.1 Å². The lowest BCUT2D eigenvalue weighted by Gasteiger charge is -2.14. The van der Waals surface area contributed by atoms with Crippen molar-refractivity contribution in [1.29, 1.82) is 5.26 Å². The molecule has 1 amide bonds. The Morgan fingerprint density at radius 1 is 1.00 bits per heavy atom. The molecule has 0 aliphatic heterocycles. The number of benzene rings is 4. The Kier molecular flexibility index (Phi) is 7.19. The summed E-state index contributed by atoms with van der Waals surface area (Å²) in [6.07, 6.45) is 1.60. The van der Waals surface area contributed by atoms with E-state index in [1.807, 2.05) is 93.6 Å². The molecule has 0 aliphatic rings. The molecule has 0 bridgehead atoms. The van der Waals surface area contributed by atoms with Crippen LogP contribution < -0.4 is 10.1 Å². The van der Waals surface area contributed by atoms with Crippen LogP contribution in [0.15, 0.2) is 78.4 Å². The van der Waals surface area contributed by atoms with Gasteiger partial charge in [-0.15, -0.1) is 0 Å². The fraction of sp³-hybridized carbons (Fsp3) is 0.133. The lowest BCUT2D eigenvalue weighted by atomic mass is 10.0. The maximum atomic E-state index is 13.1. The van der Waals surface area contributed by atoms with E-state index in [9.17, 15) is 10.1 Å². The monoisotopic (exact) mass is 480 g/mol. The van der Waals surface area contributed by atoms with Crippen LogP contribution in [0.5, 0.6) is 5.75 Å². The van der Waals surface area contributed by atoms with Gasteiger partial charge in [0.25, 0.3) is 5.91 Å². The molecule has 4 rings (SSSR count). The van der Waals surface area contributed by atoms with Gasteiger partial charge in [0, 0.05) is 21.8 Å². The van der Waals surface area contributed by atoms with Crippen LogP contribution >= 0.6 is 11.6 Å². The fourth-order valence-corrected chi connectivity index (χ4v) is 4.36. The lowest BCUT2D eigenvalue weighted by Crippen LogP contribution is -2.15. The number of anilines is 1. The average Bonchev–Trinajstić information content (AvgIpc) is 2.84. The minimum atomic E-state index is -0.465. The third kappa shape index (κ3) is 5.37. The number of halogens is 1. The number of ether oxygens (including phenoxy) is 1. The smallest absolute Gasteiger partial charge is 0.266 e. The molecule has 0 saturated heterocycles. The molecule has 5 heteroatoms. The van der Waals surface area contributed by atoms with Gasteiger partial charge >= 0.3 is 0 Å². The minimum absolute atomic E-state index is 0.0108. The molecule has 0 unspecified atom stereocenters. The molecular formula is C30H25ClN2O2. The van der Waals surface area contributed by atoms with Gasteiger partial charge in [-0.05, 0) is 60.9 Å². The van der Waals surface area contributed by atoms with Crippen molar-refractivity contribution in [2.45, 2.75) is 27.4 Å². The maximum absolute atomic E-state index is 13.1. The number of aryl methyl sites for hydroxylation is 3. The number of rotatable bonds is 6. The van der Waals surface area contributed by atoms with Crippen molar-refractivity contribution >= 4 is 40.0 Å². The maximum Gasteiger partial charge on any atom is 0.266 e. The van der Waals surface area contributed by atoms with Gasteiger partial charge in [-0.1, -0.05) is 77.8 Å². The van der Waals surface area contributed by atoms with E-state index in [0.717, 1.165) is 38.7 Å². The minimum Gasteiger partial charge on any atom is -0.488 e. The summed E-state index contributed by atoms with van der Waals surface area (Å²) in [5.41, 5.74) is 5.23. The second-order valence-electron chi connectivity index (χ2n) is 8.48. The van der Waals surface area contributed by atoms with Gasteiger partial charge in [-0.25, -0.2) is 0 Å². The number of hydrogen-bond donors (Lipinski definition) is 1. The number of fused-ring (bicyclic) bond motifs is 1. The lowest BCUT2D eigenvalue weighted by molar-refractivity contribution is -0.112. The van der Waals surface area contributed by atoms with Crippen LogP contribution in [-0.2, 0) is 11.4 Å². The van der Waals surface area contributed by atoms with Crippen molar-refractivity contribution < 1.29 is 9.53 Å². The number of amides is 1. The normalized spacial score (nSPS) is 11.2. The summed E-state index contributed by atoms with van der Waals surface area (Å²) in [6, 6.07) is 25.2. The van der Waals surface area contributed by atoms with Crippen LogP contribution in [0.3, 0.4) is 0 Å². The van der Waals surface area contributed by atoms with Crippen LogP contribution in [0.2, 0.25) is 5.02 Å². The van der Waals surface area contributed by atoms with E-state index in [0.29, 0.717) is 16.3 Å². The third-order valence-corrected chi connectivity index (χ3v) is 6.21. The van der Waals surface area contributed by atoms with E-state index in [-0.39, 0.29) is 12.2 Å². The number of nitriles is 1. The Hall–Kier alpha value is -4.07. The summed E-state index contributed by atoms with van der Waals surface area (Å²) >= 11 is 6.30. The van der Waals surface area contributed by atoms with E-state index in [4.69, 9.17) is 16.3 Å². The quantitative estimate of drug-likeness (QED) is 0.229. The number of nitrogens with one attached hydrogen (secondary N) is 1. The summed E-state index contributed by atoms with van der Waals surface area (Å²) in [7, 11) is 0. The van der Waals surface area contributed by atoms with E-state index in [2.05, 4.69) is 11.4 Å². The van der Waals surface area contributed by atoms with Crippen LogP contribution in [0.4, 0.5) is 5.69 Å². The zero-order chi connectivity index (χ0) is 24.9. The summed E-state index contributed by atoms with van der Waals surface area (Å²) < 4.78 is 6.14. The molecule has 1 N–H and O–H groups in total. The molecule has 0 spiro atoms. The van der Waals surface area contributed by atoms with Crippen molar-refractivity contribution in [3.05, 3.63) is 111 Å². The van der Waals surface area contributed by atoms with Crippen LogP contribution in [0.25, 0.3) is 16.8 Å². The Bertz CT molecular complexity index is 1480. The SMILES string of the molecule is Cc1cc(C)c(NC(=O)/C(C#N)=C/c2c(OCc3ccccc3Cl)ccc3ccccc23)c(C)c1. The summed E-state index contributed by atoms with van der Waals surface area (Å²) in [5, 5.41) is 15.3. The predicted molar refractivity (Wildman–Crippen MR) is 143 cm³/mol. The number of hydrogen-bond acceptors (Lipinski definition) is 3. The zero-order valence-electron chi connectivity index (χ0n) is 19.9. The second kappa shape index (κ2) is 10.5. The van der Waals surface area contributed by atoms with Crippen molar-refractivity contribution in [2.24, 2.45) is 0 Å². The predicted octanol–water partition coefficient (Wildman–Crippen LogP) is 7.54. The Morgan fingerprint density at radius 2 is 1.69 bits per heavy atom. The highest BCUT2D eigenvalue weighted by molar-refractivity contribution is 6.31. The van der Waals surface area contributed by atoms with Gasteiger partial charge in [0.05, 0.1) is 0 Å². The molecule has 4 aromatic carbocycles. The highest BCUT2D eigenvalue weighted by Crippen LogP contribution is 2.32. The molecule has 0 saturated carbocycles. The van der Waals surface area contributed by atoms with Crippen molar-refractivity contribution in [2.75, 3.05) is 5.32 Å². The van der Waals surface area contributed by atoms with E-state index < -0.39 is 5.91 Å². The first-order valence-corrected chi connectivity index (χ1v) is 11.6. The van der Waals surface area contributed by atoms with E-state index in [1.54, 1.807) is 6.08 Å². The van der Waals surface area contributed by atoms with Gasteiger partial charge in [0.15, 0.2) is 0 Å². The first kappa shape index (κ1) is 24.1. The fourth-order valence-electron chi connectivity index (χ4n) is 4.17. The third-order valence-electron chi connectivity index (χ3n) is 5.84. The van der Waals surface area contributed by atoms with E-state index >= 15 is 0 Å². The molecule has 0 aliphatic carbocycles. The molecule has 0 radical (unpaired) electrons. The molecule has 4 nitrogen and oxygen atoms in total. The highest BCUT2D eigenvalue weighted by atomic mass is 35.5. The van der Waals surface area contributed by atoms with Crippen molar-refractivity contribution in [3.8, 4) is 11.8 Å². The first-order chi connectivity index (χ1) is 16.9. The summed E-state index contributed by atoms with van der Waals surface area (Å²) in [4.78, 5) is 13.1. The van der Waals surface area contributed by atoms with Crippen molar-refractivity contribution in [1.82, 2.24) is 0 Å². The van der Waals surface area contributed by atoms with Crippen molar-refractivity contribution in [3.63, 3.8) is 0 Å². The molecule has 35 heavy (non-hydrogen) atoms. The van der Waals surface area contributed by atoms with Gasteiger partial charge in [-0.2, -0.15) is 5.26 Å². The molecule has 0 heterocycles. The second-order valence-corrected chi connectivity index (χ2v) is 8.88. The molecule has 0 fully saturated rings.